The van der Waals surface area contributed by atoms with E-state index in [-0.39, 0.29) is 37.9 Å². The van der Waals surface area contributed by atoms with Gasteiger partial charge in [-0.2, -0.15) is 0 Å². The zero-order chi connectivity index (χ0) is 46.7. The van der Waals surface area contributed by atoms with Crippen molar-refractivity contribution in [3.8, 4) is 5.75 Å². The lowest BCUT2D eigenvalue weighted by atomic mass is 9.93. The Morgan fingerprint density at radius 3 is 2.11 bits per heavy atom. The molecule has 4 rings (SSSR count). The number of carbonyl (C=O) groups excluding carboxylic acids is 7. The molecular weight excluding hydrogens is 819 g/mol. The number of carboxylic acids is 1. The Morgan fingerprint density at radius 2 is 1.51 bits per heavy atom. The smallest absolute Gasteiger partial charge is 0.329 e. The summed E-state index contributed by atoms with van der Waals surface area (Å²) in [5.74, 6) is -8.49. The Labute approximate surface area is 366 Å². The van der Waals surface area contributed by atoms with Gasteiger partial charge in [0.05, 0.1) is 0 Å². The number of phenolic OH excluding ortho intramolecular Hbond substituents is 1. The third-order valence-electron chi connectivity index (χ3n) is 11.6. The van der Waals surface area contributed by atoms with E-state index in [4.69, 9.17) is 10.5 Å². The third-order valence-corrected chi connectivity index (χ3v) is 11.6. The van der Waals surface area contributed by atoms with Crippen molar-refractivity contribution in [2.75, 3.05) is 7.05 Å². The van der Waals surface area contributed by atoms with Gasteiger partial charge in [0.1, 0.15) is 60.4 Å². The van der Waals surface area contributed by atoms with Crippen LogP contribution in [0.4, 0.5) is 0 Å². The number of fused-ring (bicyclic) bond motifs is 2. The number of carboxylic acid groups (broad SMARTS) is 1. The quantitative estimate of drug-likeness (QED) is 0.132. The van der Waals surface area contributed by atoms with Gasteiger partial charge in [-0.1, -0.05) is 76.6 Å². The maximum Gasteiger partial charge on any atom is 0.329 e. The monoisotopic (exact) mass is 879 g/mol. The second-order valence-electron chi connectivity index (χ2n) is 16.7. The van der Waals surface area contributed by atoms with Crippen LogP contribution in [0.1, 0.15) is 77.8 Å². The Balaban J connectivity index is 1.86. The Bertz CT molecular complexity index is 1970. The SMILES string of the molecule is CCC(C)C1NC(=O)C(Cc2ccccc2)N(C)C(=O)C(C(C)C)N2C(=O)C(CCC2O)NC(=O)C(Cc2ccc(O)cc2)NC(=O)C(NC(=O)CCC(N)C(=O)O)C(C)OC1=O. The molecule has 10 unspecified atom stereocenters. The molecule has 10 atom stereocenters. The van der Waals surface area contributed by atoms with Crippen molar-refractivity contribution in [1.82, 2.24) is 31.1 Å². The normalized spacial score (nSPS) is 26.6. The molecule has 0 aliphatic carbocycles. The van der Waals surface area contributed by atoms with E-state index in [0.717, 1.165) is 4.90 Å². The Hall–Kier alpha value is -6.08. The highest BCUT2D eigenvalue weighted by Crippen LogP contribution is 2.27. The van der Waals surface area contributed by atoms with Crippen molar-refractivity contribution in [1.29, 1.82) is 0 Å². The number of ether oxygens (including phenoxy) is 1. The van der Waals surface area contributed by atoms with Crippen LogP contribution in [0.3, 0.4) is 0 Å². The maximum atomic E-state index is 14.7. The van der Waals surface area contributed by atoms with Crippen LogP contribution in [-0.4, -0.2) is 134 Å². The second-order valence-corrected chi connectivity index (χ2v) is 16.7. The van der Waals surface area contributed by atoms with E-state index in [2.05, 4.69) is 21.3 Å². The van der Waals surface area contributed by atoms with E-state index >= 15 is 0 Å². The number of aliphatic hydroxyl groups excluding tert-OH is 1. The standard InChI is InChI=1S/C44H61N7O12/c1-7-24(4)35-44(62)63-25(5)36(48-33(53)19-17-29(45)43(60)61)40(57)47-31(21-27-13-15-28(52)16-14-27)38(55)46-30-18-20-34(54)51(41(30)58)37(23(2)3)42(59)50(6)32(39(56)49-35)22-26-11-9-8-10-12-26/h8-16,23-25,29-32,34-37,52,54H,7,17-22,45H2,1-6H3,(H,46,55)(H,47,57)(H,48,53)(H,49,56)(H,60,61). The van der Waals surface area contributed by atoms with E-state index in [1.165, 1.54) is 43.1 Å². The zero-order valence-electron chi connectivity index (χ0n) is 36.5. The van der Waals surface area contributed by atoms with Gasteiger partial charge in [-0.05, 0) is 61.3 Å². The van der Waals surface area contributed by atoms with E-state index in [1.54, 1.807) is 58.0 Å². The summed E-state index contributed by atoms with van der Waals surface area (Å²) in [7, 11) is 1.40. The first-order valence-electron chi connectivity index (χ1n) is 21.2. The number of likely N-dealkylation sites (N-methyl/N-ethyl adjacent to an activating group) is 1. The van der Waals surface area contributed by atoms with E-state index in [9.17, 15) is 53.7 Å². The average Bonchev–Trinajstić information content (AvgIpc) is 3.24. The number of amides is 6. The van der Waals surface area contributed by atoms with Gasteiger partial charge in [-0.15, -0.1) is 0 Å². The van der Waals surface area contributed by atoms with Crippen LogP contribution in [0, 0.1) is 11.8 Å². The van der Waals surface area contributed by atoms with Gasteiger partial charge in [0.15, 0.2) is 0 Å². The number of nitrogens with zero attached hydrogens (tertiary/aromatic N) is 2. The lowest BCUT2D eigenvalue weighted by molar-refractivity contribution is -0.167. The number of rotatable bonds is 12. The largest absolute Gasteiger partial charge is 0.508 e. The molecule has 2 aromatic carbocycles. The van der Waals surface area contributed by atoms with Gasteiger partial charge in [0.25, 0.3) is 0 Å². The first kappa shape index (κ1) is 49.6. The average molecular weight is 880 g/mol. The molecule has 63 heavy (non-hydrogen) atoms. The summed E-state index contributed by atoms with van der Waals surface area (Å²) < 4.78 is 5.84. The first-order valence-corrected chi connectivity index (χ1v) is 21.2. The van der Waals surface area contributed by atoms with Crippen LogP contribution in [0.15, 0.2) is 54.6 Å². The number of aliphatic hydroxyl groups is 1. The molecule has 2 aliphatic heterocycles. The van der Waals surface area contributed by atoms with Gasteiger partial charge in [-0.25, -0.2) is 4.79 Å². The highest BCUT2D eigenvalue weighted by atomic mass is 16.5. The van der Waals surface area contributed by atoms with Crippen LogP contribution in [0.5, 0.6) is 5.75 Å². The number of benzene rings is 2. The number of hydrogen-bond acceptors (Lipinski definition) is 12. The Kier molecular flexibility index (Phi) is 17.6. The van der Waals surface area contributed by atoms with Gasteiger partial charge in [0, 0.05) is 26.3 Å². The first-order chi connectivity index (χ1) is 29.7. The molecule has 2 bridgehead atoms. The van der Waals surface area contributed by atoms with Gasteiger partial charge in [0.2, 0.25) is 35.4 Å². The minimum atomic E-state index is -1.70. The molecule has 0 saturated carbocycles. The number of nitrogens with one attached hydrogen (secondary N) is 4. The summed E-state index contributed by atoms with van der Waals surface area (Å²) in [4.78, 5) is 113. The van der Waals surface area contributed by atoms with Crippen molar-refractivity contribution in [2.45, 2.75) is 134 Å². The minimum absolute atomic E-state index is 0.0180. The summed E-state index contributed by atoms with van der Waals surface area (Å²) in [5, 5.41) is 41.0. The summed E-state index contributed by atoms with van der Waals surface area (Å²) in [6.07, 6.45) is -3.62. The predicted octanol–water partition coefficient (Wildman–Crippen LogP) is 0.0925. The van der Waals surface area contributed by atoms with E-state index < -0.39 is 120 Å². The molecule has 6 amide bonds. The summed E-state index contributed by atoms with van der Waals surface area (Å²) in [6.45, 7) is 8.13. The molecule has 2 heterocycles. The predicted molar refractivity (Wildman–Crippen MR) is 227 cm³/mol. The molecule has 0 aromatic heterocycles. The second kappa shape index (κ2) is 22.3. The third kappa shape index (κ3) is 13.0. The summed E-state index contributed by atoms with van der Waals surface area (Å²) in [6, 6.07) is 4.81. The highest BCUT2D eigenvalue weighted by molar-refractivity contribution is 5.98. The number of nitrogens with two attached hydrogens (primary N) is 1. The lowest BCUT2D eigenvalue weighted by Crippen LogP contribution is -2.66. The number of piperidine rings is 1. The molecule has 19 nitrogen and oxygen atoms in total. The summed E-state index contributed by atoms with van der Waals surface area (Å²) in [5.41, 5.74) is 6.74. The highest BCUT2D eigenvalue weighted by Gasteiger charge is 2.46. The van der Waals surface area contributed by atoms with Gasteiger partial charge in [-0.3, -0.25) is 33.6 Å². The molecule has 19 heteroatoms. The minimum Gasteiger partial charge on any atom is -0.508 e. The molecule has 2 fully saturated rings. The number of hydrogen-bond donors (Lipinski definition) is 8. The number of phenols is 1. The molecular formula is C44H61N7O12. The fourth-order valence-corrected chi connectivity index (χ4v) is 7.60. The topological polar surface area (TPSA) is 287 Å². The number of aliphatic carboxylic acids is 1. The van der Waals surface area contributed by atoms with Crippen LogP contribution in [0.2, 0.25) is 0 Å². The zero-order valence-corrected chi connectivity index (χ0v) is 36.5. The fraction of sp³-hybridized carbons (Fsp3) is 0.545. The fourth-order valence-electron chi connectivity index (χ4n) is 7.60. The Morgan fingerprint density at radius 1 is 0.873 bits per heavy atom. The molecule has 344 valence electrons. The number of aromatic hydroxyl groups is 1. The van der Waals surface area contributed by atoms with Crippen molar-refractivity contribution in [2.24, 2.45) is 17.6 Å². The van der Waals surface area contributed by atoms with E-state index in [1.807, 2.05) is 0 Å². The van der Waals surface area contributed by atoms with Gasteiger partial charge >= 0.3 is 11.9 Å². The van der Waals surface area contributed by atoms with Crippen molar-refractivity contribution in [3.63, 3.8) is 0 Å². The van der Waals surface area contributed by atoms with Gasteiger partial charge < -0.3 is 56.9 Å². The molecule has 2 aromatic rings. The van der Waals surface area contributed by atoms with Crippen molar-refractivity contribution >= 4 is 47.4 Å². The van der Waals surface area contributed by atoms with Crippen LogP contribution in [0.25, 0.3) is 0 Å². The van der Waals surface area contributed by atoms with Crippen molar-refractivity contribution < 1.29 is 58.4 Å². The maximum absolute atomic E-state index is 14.7. The lowest BCUT2D eigenvalue weighted by Gasteiger charge is -2.44. The molecule has 2 aliphatic rings. The summed E-state index contributed by atoms with van der Waals surface area (Å²) >= 11 is 0. The molecule has 2 saturated heterocycles. The molecule has 0 radical (unpaired) electrons. The number of carbonyl (C=O) groups is 8. The van der Waals surface area contributed by atoms with Crippen LogP contribution >= 0.6 is 0 Å². The molecule has 9 N–H and O–H groups in total. The number of esters is 1. The van der Waals surface area contributed by atoms with E-state index in [0.29, 0.717) is 17.5 Å². The number of cyclic esters (lactones) is 1. The van der Waals surface area contributed by atoms with Crippen LogP contribution in [-0.2, 0) is 55.9 Å². The van der Waals surface area contributed by atoms with Crippen LogP contribution < -0.4 is 27.0 Å². The molecule has 0 spiro atoms. The van der Waals surface area contributed by atoms with Crippen molar-refractivity contribution in [3.05, 3.63) is 65.7 Å².